The van der Waals surface area contributed by atoms with Crippen LogP contribution in [0.2, 0.25) is 5.02 Å². The molecule has 0 atom stereocenters. The van der Waals surface area contributed by atoms with E-state index < -0.39 is 15.8 Å². The number of halogens is 2. The molecule has 1 aliphatic rings. The molecule has 2 aromatic rings. The molecule has 1 amide bonds. The fraction of sp³-hybridized carbons (Fsp3) is 0.333. The molecule has 0 spiro atoms. The smallest absolute Gasteiger partial charge is 0.292 e. The van der Waals surface area contributed by atoms with E-state index in [1.165, 1.54) is 21.3 Å². The van der Waals surface area contributed by atoms with Crippen LogP contribution in [0.25, 0.3) is 0 Å². The molecule has 25 heavy (non-hydrogen) atoms. The summed E-state index contributed by atoms with van der Waals surface area (Å²) in [5.74, 6) is -0.889. The van der Waals surface area contributed by atoms with Crippen molar-refractivity contribution in [2.75, 3.05) is 26.2 Å². The summed E-state index contributed by atoms with van der Waals surface area (Å²) < 4.78 is 44.6. The van der Waals surface area contributed by atoms with Crippen molar-refractivity contribution in [3.05, 3.63) is 46.6 Å². The largest absolute Gasteiger partial charge is 0.351 e. The number of hydrogen-bond donors (Lipinski definition) is 0. The third kappa shape index (κ3) is 3.53. The molecular formula is C15H15ClFN3O4S. The molecule has 10 heteroatoms. The number of carbonyl (C=O) groups is 1. The average molecular weight is 388 g/mol. The first kappa shape index (κ1) is 17.8. The van der Waals surface area contributed by atoms with E-state index in [-0.39, 0.29) is 47.8 Å². The van der Waals surface area contributed by atoms with Crippen molar-refractivity contribution in [1.29, 1.82) is 0 Å². The zero-order valence-corrected chi connectivity index (χ0v) is 14.8. The lowest BCUT2D eigenvalue weighted by molar-refractivity contribution is 0.0656. The van der Waals surface area contributed by atoms with Crippen molar-refractivity contribution in [2.24, 2.45) is 0 Å². The van der Waals surface area contributed by atoms with Gasteiger partial charge >= 0.3 is 0 Å². The Morgan fingerprint density at radius 3 is 2.48 bits per heavy atom. The number of sulfonamides is 1. The molecule has 0 N–H and O–H groups in total. The van der Waals surface area contributed by atoms with E-state index in [1.54, 1.807) is 6.92 Å². The quantitative estimate of drug-likeness (QED) is 0.803. The Balaban J connectivity index is 1.71. The van der Waals surface area contributed by atoms with E-state index >= 15 is 0 Å². The van der Waals surface area contributed by atoms with Crippen LogP contribution in [0, 0.1) is 12.7 Å². The maximum atomic E-state index is 13.2. The van der Waals surface area contributed by atoms with Crippen molar-refractivity contribution in [3.63, 3.8) is 0 Å². The predicted octanol–water partition coefficient (Wildman–Crippen LogP) is 1.92. The van der Waals surface area contributed by atoms with E-state index in [9.17, 15) is 17.6 Å². The minimum absolute atomic E-state index is 0.0791. The first-order valence-electron chi connectivity index (χ1n) is 7.47. The molecule has 2 heterocycles. The third-order valence-electron chi connectivity index (χ3n) is 3.89. The molecule has 1 fully saturated rings. The fourth-order valence-corrected chi connectivity index (χ4v) is 4.23. The van der Waals surface area contributed by atoms with E-state index in [0.717, 1.165) is 12.1 Å². The summed E-state index contributed by atoms with van der Waals surface area (Å²) in [5, 5.41) is 3.42. The summed E-state index contributed by atoms with van der Waals surface area (Å²) in [6.45, 7) is 2.38. The van der Waals surface area contributed by atoms with Gasteiger partial charge in [-0.25, -0.2) is 12.8 Å². The number of nitrogens with zero attached hydrogens (tertiary/aromatic N) is 3. The highest BCUT2D eigenvalue weighted by Crippen LogP contribution is 2.23. The van der Waals surface area contributed by atoms with Crippen LogP contribution in [0.1, 0.15) is 16.2 Å². The molecule has 0 aliphatic carbocycles. The Hall–Kier alpha value is -1.97. The van der Waals surface area contributed by atoms with Crippen LogP contribution in [0.15, 0.2) is 33.7 Å². The van der Waals surface area contributed by atoms with Crippen LogP contribution < -0.4 is 0 Å². The molecule has 3 rings (SSSR count). The van der Waals surface area contributed by atoms with Crippen molar-refractivity contribution in [2.45, 2.75) is 11.8 Å². The van der Waals surface area contributed by atoms with Gasteiger partial charge in [-0.15, -0.1) is 0 Å². The molecule has 1 aromatic carbocycles. The van der Waals surface area contributed by atoms with E-state index in [2.05, 4.69) is 5.16 Å². The lowest BCUT2D eigenvalue weighted by atomic mass is 10.3. The molecule has 1 saturated heterocycles. The second-order valence-corrected chi connectivity index (χ2v) is 7.95. The number of rotatable bonds is 3. The number of aromatic nitrogens is 1. The Bertz CT molecular complexity index is 907. The number of aryl methyl sites for hydroxylation is 1. The van der Waals surface area contributed by atoms with Crippen molar-refractivity contribution in [3.8, 4) is 0 Å². The highest BCUT2D eigenvalue weighted by atomic mass is 35.5. The number of benzene rings is 1. The minimum Gasteiger partial charge on any atom is -0.351 e. The molecule has 0 saturated carbocycles. The van der Waals surface area contributed by atoms with Gasteiger partial charge in [0.05, 0.1) is 15.6 Å². The molecule has 7 nitrogen and oxygen atoms in total. The van der Waals surface area contributed by atoms with Crippen LogP contribution in [-0.4, -0.2) is 54.9 Å². The Morgan fingerprint density at radius 1 is 1.24 bits per heavy atom. The maximum Gasteiger partial charge on any atom is 0.292 e. The molecule has 1 aliphatic heterocycles. The van der Waals surface area contributed by atoms with Crippen LogP contribution >= 0.6 is 11.6 Å². The third-order valence-corrected chi connectivity index (χ3v) is 6.08. The molecule has 1 aromatic heterocycles. The maximum absolute atomic E-state index is 13.2. The molecule has 134 valence electrons. The first-order valence-corrected chi connectivity index (χ1v) is 9.28. The predicted molar refractivity (Wildman–Crippen MR) is 87.3 cm³/mol. The average Bonchev–Trinajstić information content (AvgIpc) is 3.03. The zero-order valence-electron chi connectivity index (χ0n) is 13.3. The SMILES string of the molecule is Cc1cc(C(=O)N2CCN(S(=O)(=O)c3ccc(F)c(Cl)c3)CC2)on1. The zero-order chi connectivity index (χ0) is 18.2. The summed E-state index contributed by atoms with van der Waals surface area (Å²) in [5.41, 5.74) is 0.595. The lowest BCUT2D eigenvalue weighted by Crippen LogP contribution is -2.50. The van der Waals surface area contributed by atoms with Crippen molar-refractivity contribution < 1.29 is 22.1 Å². The molecule has 0 bridgehead atoms. The first-order chi connectivity index (χ1) is 11.8. The summed E-state index contributed by atoms with van der Waals surface area (Å²) in [6, 6.07) is 4.81. The van der Waals surface area contributed by atoms with Crippen molar-refractivity contribution >= 4 is 27.5 Å². The Kier molecular flexibility index (Phi) is 4.81. The lowest BCUT2D eigenvalue weighted by Gasteiger charge is -2.33. The van der Waals surface area contributed by atoms with Gasteiger partial charge in [-0.2, -0.15) is 4.31 Å². The van der Waals surface area contributed by atoms with Crippen molar-refractivity contribution in [1.82, 2.24) is 14.4 Å². The topological polar surface area (TPSA) is 83.7 Å². The number of carbonyl (C=O) groups excluding carboxylic acids is 1. The fourth-order valence-electron chi connectivity index (χ4n) is 2.54. The normalized spacial score (nSPS) is 16.2. The summed E-state index contributed by atoms with van der Waals surface area (Å²) in [6.07, 6.45) is 0. The van der Waals surface area contributed by atoms with E-state index in [0.29, 0.717) is 5.69 Å². The molecular weight excluding hydrogens is 373 g/mol. The number of hydrogen-bond acceptors (Lipinski definition) is 5. The second kappa shape index (κ2) is 6.74. The van der Waals surface area contributed by atoms with Gasteiger partial charge < -0.3 is 9.42 Å². The van der Waals surface area contributed by atoms with Gasteiger partial charge in [-0.3, -0.25) is 4.79 Å². The summed E-state index contributed by atoms with van der Waals surface area (Å²) >= 11 is 5.67. The molecule has 0 radical (unpaired) electrons. The second-order valence-electron chi connectivity index (χ2n) is 5.60. The van der Waals surface area contributed by atoms with Gasteiger partial charge in [0.2, 0.25) is 15.8 Å². The van der Waals surface area contributed by atoms with Gasteiger partial charge in [-0.05, 0) is 25.1 Å². The van der Waals surface area contributed by atoms with E-state index in [4.69, 9.17) is 16.1 Å². The Morgan fingerprint density at radius 2 is 1.92 bits per heavy atom. The van der Waals surface area contributed by atoms with Crippen LogP contribution in [0.3, 0.4) is 0 Å². The van der Waals surface area contributed by atoms with Gasteiger partial charge in [-0.1, -0.05) is 16.8 Å². The highest BCUT2D eigenvalue weighted by Gasteiger charge is 2.31. The standard InChI is InChI=1S/C15H15ClFN3O4S/c1-10-8-14(24-18-10)15(21)19-4-6-20(7-5-19)25(22,23)11-2-3-13(17)12(16)9-11/h2-3,8-9H,4-7H2,1H3. The summed E-state index contributed by atoms with van der Waals surface area (Å²) in [4.78, 5) is 13.7. The summed E-state index contributed by atoms with van der Waals surface area (Å²) in [7, 11) is -3.80. The number of piperazine rings is 1. The van der Waals surface area contributed by atoms with Gasteiger partial charge in [0.25, 0.3) is 5.91 Å². The number of amides is 1. The van der Waals surface area contributed by atoms with Gasteiger partial charge in [0.15, 0.2) is 0 Å². The monoisotopic (exact) mass is 387 g/mol. The van der Waals surface area contributed by atoms with Gasteiger partial charge in [0, 0.05) is 32.2 Å². The van der Waals surface area contributed by atoms with Crippen LogP contribution in [0.4, 0.5) is 4.39 Å². The van der Waals surface area contributed by atoms with Crippen LogP contribution in [0.5, 0.6) is 0 Å². The van der Waals surface area contributed by atoms with E-state index in [1.807, 2.05) is 0 Å². The van der Waals surface area contributed by atoms with Crippen LogP contribution in [-0.2, 0) is 10.0 Å². The highest BCUT2D eigenvalue weighted by molar-refractivity contribution is 7.89. The minimum atomic E-state index is -3.80. The van der Waals surface area contributed by atoms with Gasteiger partial charge in [0.1, 0.15) is 5.82 Å². The Labute approximate surface area is 149 Å². The molecule has 0 unspecified atom stereocenters.